The third-order valence-electron chi connectivity index (χ3n) is 4.27. The molecule has 0 N–H and O–H groups in total. The van der Waals surface area contributed by atoms with Crippen LogP contribution in [0.5, 0.6) is 0 Å². The first kappa shape index (κ1) is 20.2. The second-order valence-electron chi connectivity index (χ2n) is 6.51. The molecule has 142 valence electrons. The second-order valence-corrected chi connectivity index (χ2v) is 7.39. The molecule has 1 heterocycles. The van der Waals surface area contributed by atoms with Gasteiger partial charge >= 0.3 is 0 Å². The first-order chi connectivity index (χ1) is 13.5. The molecule has 0 saturated heterocycles. The van der Waals surface area contributed by atoms with Crippen molar-refractivity contribution in [1.29, 1.82) is 0 Å². The van der Waals surface area contributed by atoms with Gasteiger partial charge in [-0.1, -0.05) is 41.4 Å². The zero-order chi connectivity index (χ0) is 19.9. The predicted molar refractivity (Wildman–Crippen MR) is 120 cm³/mol. The van der Waals surface area contributed by atoms with Gasteiger partial charge in [-0.25, -0.2) is 0 Å². The van der Waals surface area contributed by atoms with Gasteiger partial charge in [-0.05, 0) is 61.4 Å². The molecule has 0 unspecified atom stereocenters. The van der Waals surface area contributed by atoms with Gasteiger partial charge in [0, 0.05) is 46.7 Å². The largest absolute Gasteiger partial charge is 0.261 e. The standard InChI is InChI=1S/C23H21Cl2N3/c1-16-6-8-18(24)14-22(16)26-12-10-20-4-3-5-21(28-20)11-13-27-23-15-19(25)9-7-17(23)2/h3-9,12-15H,10-11H2,1-2H3. The van der Waals surface area contributed by atoms with Crippen molar-refractivity contribution in [3.05, 3.63) is 87.2 Å². The molecule has 0 radical (unpaired) electrons. The Hall–Kier alpha value is -2.49. The number of rotatable bonds is 6. The molecule has 0 fully saturated rings. The topological polar surface area (TPSA) is 37.6 Å². The van der Waals surface area contributed by atoms with Gasteiger partial charge < -0.3 is 0 Å². The summed E-state index contributed by atoms with van der Waals surface area (Å²) < 4.78 is 0. The first-order valence-corrected chi connectivity index (χ1v) is 9.79. The molecule has 0 saturated carbocycles. The van der Waals surface area contributed by atoms with E-state index in [1.54, 1.807) is 0 Å². The van der Waals surface area contributed by atoms with E-state index in [9.17, 15) is 0 Å². The molecule has 3 rings (SSSR count). The second kappa shape index (κ2) is 9.63. The van der Waals surface area contributed by atoms with Gasteiger partial charge in [0.25, 0.3) is 0 Å². The molecular weight excluding hydrogens is 389 g/mol. The minimum Gasteiger partial charge on any atom is -0.261 e. The normalized spacial score (nSPS) is 11.6. The highest BCUT2D eigenvalue weighted by Crippen LogP contribution is 2.23. The van der Waals surface area contributed by atoms with Crippen LogP contribution in [0.1, 0.15) is 22.5 Å². The number of aryl methyl sites for hydroxylation is 2. The van der Waals surface area contributed by atoms with Crippen LogP contribution in [0.15, 0.2) is 64.6 Å². The van der Waals surface area contributed by atoms with Gasteiger partial charge in [-0.15, -0.1) is 0 Å². The van der Waals surface area contributed by atoms with Crippen LogP contribution in [-0.4, -0.2) is 17.4 Å². The lowest BCUT2D eigenvalue weighted by atomic mass is 10.2. The third kappa shape index (κ3) is 5.75. The number of pyridine rings is 1. The van der Waals surface area contributed by atoms with Crippen molar-refractivity contribution < 1.29 is 0 Å². The lowest BCUT2D eigenvalue weighted by Crippen LogP contribution is -1.97. The molecule has 3 nitrogen and oxygen atoms in total. The van der Waals surface area contributed by atoms with E-state index in [4.69, 9.17) is 23.2 Å². The minimum absolute atomic E-state index is 0.657. The highest BCUT2D eigenvalue weighted by Gasteiger charge is 2.00. The molecule has 0 atom stereocenters. The van der Waals surface area contributed by atoms with Crippen LogP contribution in [-0.2, 0) is 12.8 Å². The molecule has 1 aromatic heterocycles. The van der Waals surface area contributed by atoms with Crippen LogP contribution >= 0.6 is 23.2 Å². The Bertz CT molecular complexity index is 947. The van der Waals surface area contributed by atoms with Gasteiger partial charge in [-0.2, -0.15) is 0 Å². The van der Waals surface area contributed by atoms with E-state index in [0.717, 1.165) is 33.9 Å². The Morgan fingerprint density at radius 3 is 1.68 bits per heavy atom. The number of aromatic nitrogens is 1. The summed E-state index contributed by atoms with van der Waals surface area (Å²) in [5.41, 5.74) is 5.88. The number of hydrogen-bond acceptors (Lipinski definition) is 3. The molecule has 0 spiro atoms. The number of hydrogen-bond donors (Lipinski definition) is 0. The average molecular weight is 410 g/mol. The molecule has 0 aliphatic rings. The SMILES string of the molecule is Cc1ccc(Cl)cc1N=CCc1cccc(CC=Nc2cc(Cl)ccc2C)n1. The summed E-state index contributed by atoms with van der Waals surface area (Å²) in [4.78, 5) is 13.7. The molecule has 0 aliphatic carbocycles. The fourth-order valence-corrected chi connectivity index (χ4v) is 3.01. The highest BCUT2D eigenvalue weighted by molar-refractivity contribution is 6.31. The Balaban J connectivity index is 1.64. The van der Waals surface area contributed by atoms with Crippen molar-refractivity contribution in [1.82, 2.24) is 4.98 Å². The fourth-order valence-electron chi connectivity index (χ4n) is 2.67. The summed E-state index contributed by atoms with van der Waals surface area (Å²) >= 11 is 12.1. The van der Waals surface area contributed by atoms with Crippen LogP contribution in [0, 0.1) is 13.8 Å². The Labute approximate surface area is 175 Å². The summed E-state index contributed by atoms with van der Waals surface area (Å²) in [5.74, 6) is 0. The maximum absolute atomic E-state index is 6.04. The summed E-state index contributed by atoms with van der Waals surface area (Å²) in [7, 11) is 0. The van der Waals surface area contributed by atoms with Gasteiger partial charge in [0.2, 0.25) is 0 Å². The minimum atomic E-state index is 0.657. The van der Waals surface area contributed by atoms with E-state index in [0.29, 0.717) is 22.9 Å². The molecule has 0 amide bonds. The lowest BCUT2D eigenvalue weighted by Gasteiger charge is -2.02. The maximum atomic E-state index is 6.04. The molecular formula is C23H21Cl2N3. The van der Waals surface area contributed by atoms with Crippen LogP contribution in [0.2, 0.25) is 10.0 Å². The molecule has 5 heteroatoms. The van der Waals surface area contributed by atoms with Gasteiger partial charge in [-0.3, -0.25) is 15.0 Å². The van der Waals surface area contributed by atoms with E-state index < -0.39 is 0 Å². The Kier molecular flexibility index (Phi) is 6.96. The van der Waals surface area contributed by atoms with Crippen LogP contribution in [0.25, 0.3) is 0 Å². The van der Waals surface area contributed by atoms with Gasteiger partial charge in [0.1, 0.15) is 0 Å². The average Bonchev–Trinajstić information content (AvgIpc) is 2.68. The van der Waals surface area contributed by atoms with Crippen LogP contribution < -0.4 is 0 Å². The summed E-state index contributed by atoms with van der Waals surface area (Å²) in [6.45, 7) is 4.03. The molecule has 0 aliphatic heterocycles. The van der Waals surface area contributed by atoms with E-state index in [1.165, 1.54) is 0 Å². The summed E-state index contributed by atoms with van der Waals surface area (Å²) in [5, 5.41) is 1.37. The predicted octanol–water partition coefficient (Wildman–Crippen LogP) is 6.90. The van der Waals surface area contributed by atoms with E-state index in [2.05, 4.69) is 15.0 Å². The first-order valence-electron chi connectivity index (χ1n) is 9.03. The third-order valence-corrected chi connectivity index (χ3v) is 4.74. The quantitative estimate of drug-likeness (QED) is 0.408. The number of benzene rings is 2. The lowest BCUT2D eigenvalue weighted by molar-refractivity contribution is 1.06. The van der Waals surface area contributed by atoms with Crippen molar-refractivity contribution in [3.63, 3.8) is 0 Å². The van der Waals surface area contributed by atoms with Crippen molar-refractivity contribution >= 4 is 47.0 Å². The Morgan fingerprint density at radius 1 is 0.750 bits per heavy atom. The molecule has 3 aromatic rings. The molecule has 2 aromatic carbocycles. The number of nitrogens with zero attached hydrogens (tertiary/aromatic N) is 3. The Morgan fingerprint density at radius 2 is 1.21 bits per heavy atom. The van der Waals surface area contributed by atoms with Crippen molar-refractivity contribution in [2.24, 2.45) is 9.98 Å². The smallest absolute Gasteiger partial charge is 0.0669 e. The molecule has 0 bridgehead atoms. The summed E-state index contributed by atoms with van der Waals surface area (Å²) in [6, 6.07) is 17.4. The zero-order valence-corrected chi connectivity index (χ0v) is 17.4. The highest BCUT2D eigenvalue weighted by atomic mass is 35.5. The van der Waals surface area contributed by atoms with Crippen molar-refractivity contribution in [2.75, 3.05) is 0 Å². The van der Waals surface area contributed by atoms with E-state index in [1.807, 2.05) is 80.9 Å². The maximum Gasteiger partial charge on any atom is 0.0669 e. The van der Waals surface area contributed by atoms with Crippen LogP contribution in [0.4, 0.5) is 11.4 Å². The monoisotopic (exact) mass is 409 g/mol. The number of aliphatic imine (C=N–C) groups is 2. The fraction of sp³-hybridized carbons (Fsp3) is 0.174. The number of halogens is 2. The van der Waals surface area contributed by atoms with Crippen molar-refractivity contribution in [2.45, 2.75) is 26.7 Å². The summed E-state index contributed by atoms with van der Waals surface area (Å²) in [6.07, 6.45) is 5.05. The van der Waals surface area contributed by atoms with Crippen molar-refractivity contribution in [3.8, 4) is 0 Å². The van der Waals surface area contributed by atoms with E-state index in [-0.39, 0.29) is 0 Å². The van der Waals surface area contributed by atoms with E-state index >= 15 is 0 Å². The van der Waals surface area contributed by atoms with Gasteiger partial charge in [0.05, 0.1) is 11.4 Å². The van der Waals surface area contributed by atoms with Crippen LogP contribution in [0.3, 0.4) is 0 Å². The molecule has 28 heavy (non-hydrogen) atoms. The zero-order valence-electron chi connectivity index (χ0n) is 15.9. The van der Waals surface area contributed by atoms with Gasteiger partial charge in [0.15, 0.2) is 0 Å².